The molecule has 0 aromatic heterocycles. The fraction of sp³-hybridized carbons (Fsp3) is 0.107. The van der Waals surface area contributed by atoms with E-state index in [1.165, 1.54) is 0 Å². The molecular formula is C28H24F3NOP+. The van der Waals surface area contributed by atoms with Gasteiger partial charge >= 0.3 is 12.1 Å². The van der Waals surface area contributed by atoms with Crippen LogP contribution in [0.5, 0.6) is 0 Å². The van der Waals surface area contributed by atoms with E-state index in [4.69, 9.17) is 4.52 Å². The molecule has 0 unspecified atom stereocenters. The second-order valence-corrected chi connectivity index (χ2v) is 10.6. The predicted octanol–water partition coefficient (Wildman–Crippen LogP) is 6.12. The first-order valence-corrected chi connectivity index (χ1v) is 12.6. The van der Waals surface area contributed by atoms with Gasteiger partial charge in [-0.3, -0.25) is 0 Å². The minimum Gasteiger partial charge on any atom is -0.310 e. The van der Waals surface area contributed by atoms with Crippen molar-refractivity contribution in [3.63, 3.8) is 0 Å². The molecule has 4 aromatic rings. The molecule has 4 rings (SSSR count). The molecule has 0 spiro atoms. The third-order valence-corrected chi connectivity index (χ3v) is 8.85. The molecule has 0 fully saturated rings. The van der Waals surface area contributed by atoms with E-state index < -0.39 is 19.6 Å². The Morgan fingerprint density at radius 1 is 0.618 bits per heavy atom. The van der Waals surface area contributed by atoms with Crippen molar-refractivity contribution in [3.8, 4) is 0 Å². The highest BCUT2D eigenvalue weighted by atomic mass is 31.2. The van der Waals surface area contributed by atoms with Crippen LogP contribution in [0.1, 0.15) is 5.56 Å². The van der Waals surface area contributed by atoms with Crippen molar-refractivity contribution in [1.82, 2.24) is 0 Å². The molecule has 6 heteroatoms. The minimum absolute atomic E-state index is 0.0305. The zero-order chi connectivity index (χ0) is 23.9. The highest BCUT2D eigenvalue weighted by molar-refractivity contribution is 7.92. The van der Waals surface area contributed by atoms with Crippen LogP contribution in [-0.2, 0) is 10.9 Å². The van der Waals surface area contributed by atoms with Crippen molar-refractivity contribution < 1.29 is 17.7 Å². The molecule has 2 nitrogen and oxygen atoms in total. The lowest BCUT2D eigenvalue weighted by Crippen LogP contribution is -2.38. The van der Waals surface area contributed by atoms with Gasteiger partial charge in [0.05, 0.1) is 0 Å². The topological polar surface area (TPSA) is 21.6 Å². The minimum atomic E-state index is -4.74. The number of hydrogen-bond acceptors (Lipinski definition) is 2. The van der Waals surface area contributed by atoms with E-state index in [-0.39, 0.29) is 6.54 Å². The molecule has 0 atom stereocenters. The highest BCUT2D eigenvalue weighted by Gasteiger charge is 2.55. The molecule has 0 amide bonds. The van der Waals surface area contributed by atoms with Gasteiger partial charge in [0, 0.05) is 6.54 Å². The molecule has 0 heterocycles. The van der Waals surface area contributed by atoms with Gasteiger partial charge in [0.15, 0.2) is 0 Å². The summed E-state index contributed by atoms with van der Waals surface area (Å²) in [4.78, 5) is 3.95. The number of halogens is 3. The summed E-state index contributed by atoms with van der Waals surface area (Å²) >= 11 is 0. The highest BCUT2D eigenvalue weighted by Crippen LogP contribution is 2.57. The van der Waals surface area contributed by atoms with Crippen molar-refractivity contribution in [2.45, 2.75) is 12.6 Å². The maximum absolute atomic E-state index is 14.3. The van der Waals surface area contributed by atoms with E-state index in [2.05, 4.69) is 4.99 Å². The molecule has 0 aliphatic carbocycles. The Hall–Kier alpha value is -3.43. The SMILES string of the molecule is FC(F)(F)C(=NCCc1ccccc1)O[P+](c1ccccc1)(c1ccccc1)c1ccccc1. The first-order valence-electron chi connectivity index (χ1n) is 10.9. The average Bonchev–Trinajstić information content (AvgIpc) is 2.88. The summed E-state index contributed by atoms with van der Waals surface area (Å²) in [6.45, 7) is -0.0305. The third kappa shape index (κ3) is 5.37. The molecule has 4 aromatic carbocycles. The summed E-state index contributed by atoms with van der Waals surface area (Å²) in [6, 6.07) is 36.7. The predicted molar refractivity (Wildman–Crippen MR) is 135 cm³/mol. The van der Waals surface area contributed by atoms with E-state index in [0.717, 1.165) is 5.56 Å². The first-order chi connectivity index (χ1) is 16.5. The van der Waals surface area contributed by atoms with E-state index in [1.807, 2.05) is 121 Å². The molecular weight excluding hydrogens is 454 g/mol. The van der Waals surface area contributed by atoms with Gasteiger partial charge in [0.2, 0.25) is 0 Å². The summed E-state index contributed by atoms with van der Waals surface area (Å²) in [5.41, 5.74) is 0.919. The van der Waals surface area contributed by atoms with Crippen LogP contribution in [-0.4, -0.2) is 18.6 Å². The third-order valence-electron chi connectivity index (χ3n) is 5.32. The zero-order valence-corrected chi connectivity index (χ0v) is 19.3. The van der Waals surface area contributed by atoms with Gasteiger partial charge < -0.3 is 4.52 Å². The van der Waals surface area contributed by atoms with Crippen LogP contribution in [0, 0.1) is 0 Å². The molecule has 172 valence electrons. The Balaban J connectivity index is 1.84. The van der Waals surface area contributed by atoms with Crippen molar-refractivity contribution in [2.75, 3.05) is 6.54 Å². The van der Waals surface area contributed by atoms with Crippen LogP contribution in [0.15, 0.2) is 126 Å². The molecule has 0 saturated heterocycles. The number of hydrogen-bond donors (Lipinski definition) is 0. The first kappa shape index (κ1) is 23.7. The van der Waals surface area contributed by atoms with Gasteiger partial charge in [-0.05, 0) is 48.4 Å². The summed E-state index contributed by atoms with van der Waals surface area (Å²) in [6.07, 6.45) is -4.35. The van der Waals surface area contributed by atoms with Crippen molar-refractivity contribution in [3.05, 3.63) is 127 Å². The van der Waals surface area contributed by atoms with E-state index >= 15 is 0 Å². The second-order valence-electron chi connectivity index (χ2n) is 7.63. The Labute approximate surface area is 198 Å². The molecule has 0 aliphatic rings. The van der Waals surface area contributed by atoms with Gasteiger partial charge in [0.1, 0.15) is 15.9 Å². The van der Waals surface area contributed by atoms with Gasteiger partial charge in [-0.15, -0.1) is 0 Å². The number of rotatable bonds is 7. The lowest BCUT2D eigenvalue weighted by Gasteiger charge is -2.27. The average molecular weight is 478 g/mol. The molecule has 0 N–H and O–H groups in total. The maximum atomic E-state index is 14.3. The lowest BCUT2D eigenvalue weighted by atomic mass is 10.2. The summed E-state index contributed by atoms with van der Waals surface area (Å²) in [5.74, 6) is -1.20. The van der Waals surface area contributed by atoms with Gasteiger partial charge in [0.25, 0.3) is 7.49 Å². The number of alkyl halides is 3. The zero-order valence-electron chi connectivity index (χ0n) is 18.4. The smallest absolute Gasteiger partial charge is 0.310 e. The fourth-order valence-corrected chi connectivity index (χ4v) is 7.16. The normalized spacial score (nSPS) is 12.4. The van der Waals surface area contributed by atoms with Gasteiger partial charge in [-0.25, -0.2) is 4.99 Å². The van der Waals surface area contributed by atoms with Gasteiger partial charge in [-0.1, -0.05) is 84.9 Å². The number of benzene rings is 4. The second kappa shape index (κ2) is 10.7. The number of aliphatic imine (C=N–C) groups is 1. The Morgan fingerprint density at radius 3 is 1.38 bits per heavy atom. The van der Waals surface area contributed by atoms with Crippen LogP contribution >= 0.6 is 7.49 Å². The number of nitrogens with zero attached hydrogens (tertiary/aromatic N) is 1. The maximum Gasteiger partial charge on any atom is 0.473 e. The monoisotopic (exact) mass is 478 g/mol. The van der Waals surface area contributed by atoms with E-state index in [1.54, 1.807) is 0 Å². The van der Waals surface area contributed by atoms with Crippen LogP contribution in [0.25, 0.3) is 0 Å². The standard InChI is InChI=1S/C28H24F3NOP/c29-28(30,31)27(32-22-21-23-13-5-1-6-14-23)33-34(24-15-7-2-8-16-24,25-17-9-3-10-18-25)26-19-11-4-12-20-26/h1-20H,21-22H2/q+1. The van der Waals surface area contributed by atoms with Gasteiger partial charge in [-0.2, -0.15) is 13.2 Å². The van der Waals surface area contributed by atoms with E-state index in [0.29, 0.717) is 22.3 Å². The van der Waals surface area contributed by atoms with Crippen LogP contribution in [0.4, 0.5) is 13.2 Å². The lowest BCUT2D eigenvalue weighted by molar-refractivity contribution is -0.0706. The Kier molecular flexibility index (Phi) is 7.44. The van der Waals surface area contributed by atoms with E-state index in [9.17, 15) is 13.2 Å². The van der Waals surface area contributed by atoms with Crippen LogP contribution < -0.4 is 15.9 Å². The van der Waals surface area contributed by atoms with Crippen molar-refractivity contribution in [1.29, 1.82) is 0 Å². The molecule has 0 aliphatic heterocycles. The molecule has 34 heavy (non-hydrogen) atoms. The molecule has 0 bridgehead atoms. The van der Waals surface area contributed by atoms with Crippen molar-refractivity contribution >= 4 is 29.3 Å². The van der Waals surface area contributed by atoms with Crippen molar-refractivity contribution in [2.24, 2.45) is 4.99 Å². The molecule has 0 radical (unpaired) electrons. The largest absolute Gasteiger partial charge is 0.473 e. The summed E-state index contributed by atoms with van der Waals surface area (Å²) < 4.78 is 49.0. The Bertz CT molecular complexity index is 1100. The van der Waals surface area contributed by atoms with Crippen LogP contribution in [0.3, 0.4) is 0 Å². The molecule has 0 saturated carbocycles. The Morgan fingerprint density at radius 2 is 1.00 bits per heavy atom. The summed E-state index contributed by atoms with van der Waals surface area (Å²) in [5, 5.41) is 2.06. The fourth-order valence-electron chi connectivity index (χ4n) is 3.75. The quantitative estimate of drug-likeness (QED) is 0.178. The summed E-state index contributed by atoms with van der Waals surface area (Å²) in [7, 11) is -3.17. The van der Waals surface area contributed by atoms with Crippen LogP contribution in [0.2, 0.25) is 0 Å².